The van der Waals surface area contributed by atoms with Gasteiger partial charge >= 0.3 is 0 Å². The first kappa shape index (κ1) is 10.6. The minimum atomic E-state index is 0.787. The molecule has 16 heavy (non-hydrogen) atoms. The third-order valence-electron chi connectivity index (χ3n) is 2.93. The van der Waals surface area contributed by atoms with E-state index in [9.17, 15) is 0 Å². The van der Waals surface area contributed by atoms with Crippen LogP contribution in [0.2, 0.25) is 0 Å². The van der Waals surface area contributed by atoms with E-state index >= 15 is 0 Å². The van der Waals surface area contributed by atoms with Crippen LogP contribution in [0.15, 0.2) is 36.4 Å². The molecule has 0 radical (unpaired) electrons. The van der Waals surface area contributed by atoms with Crippen molar-refractivity contribution >= 4 is 11.4 Å². The van der Waals surface area contributed by atoms with Gasteiger partial charge in [-0.2, -0.15) is 0 Å². The lowest BCUT2D eigenvalue weighted by Crippen LogP contribution is -2.00. The van der Waals surface area contributed by atoms with Crippen molar-refractivity contribution in [2.24, 2.45) is 0 Å². The van der Waals surface area contributed by atoms with Gasteiger partial charge in [-0.05, 0) is 36.6 Å². The molecular formula is C14H16N2. The van der Waals surface area contributed by atoms with E-state index in [0.717, 1.165) is 33.6 Å². The number of anilines is 2. The molecule has 0 aliphatic carbocycles. The molecule has 82 valence electrons. The molecule has 2 nitrogen and oxygen atoms in total. The van der Waals surface area contributed by atoms with E-state index < -0.39 is 0 Å². The van der Waals surface area contributed by atoms with Crippen molar-refractivity contribution in [1.29, 1.82) is 0 Å². The van der Waals surface area contributed by atoms with E-state index in [1.807, 2.05) is 50.2 Å². The van der Waals surface area contributed by atoms with Gasteiger partial charge in [-0.1, -0.05) is 30.3 Å². The zero-order chi connectivity index (χ0) is 11.7. The van der Waals surface area contributed by atoms with Gasteiger partial charge in [-0.15, -0.1) is 0 Å². The average Bonchev–Trinajstić information content (AvgIpc) is 2.28. The lowest BCUT2D eigenvalue weighted by molar-refractivity contribution is 1.39. The van der Waals surface area contributed by atoms with Gasteiger partial charge < -0.3 is 11.5 Å². The van der Waals surface area contributed by atoms with E-state index in [1.54, 1.807) is 0 Å². The van der Waals surface area contributed by atoms with Crippen LogP contribution in [0.3, 0.4) is 0 Å². The van der Waals surface area contributed by atoms with Gasteiger partial charge in [-0.3, -0.25) is 0 Å². The Labute approximate surface area is 95.9 Å². The molecule has 2 aromatic rings. The van der Waals surface area contributed by atoms with Crippen LogP contribution >= 0.6 is 0 Å². The molecule has 0 atom stereocenters. The molecule has 0 aliphatic rings. The molecular weight excluding hydrogens is 196 g/mol. The monoisotopic (exact) mass is 212 g/mol. The van der Waals surface area contributed by atoms with E-state index in [2.05, 4.69) is 0 Å². The van der Waals surface area contributed by atoms with Gasteiger partial charge in [0.2, 0.25) is 0 Å². The fourth-order valence-corrected chi connectivity index (χ4v) is 2.02. The largest absolute Gasteiger partial charge is 0.398 e. The Hall–Kier alpha value is -1.96. The van der Waals surface area contributed by atoms with Crippen molar-refractivity contribution in [2.45, 2.75) is 13.8 Å². The van der Waals surface area contributed by atoms with Gasteiger partial charge in [-0.25, -0.2) is 0 Å². The van der Waals surface area contributed by atoms with Gasteiger partial charge in [0.05, 0.1) is 0 Å². The summed E-state index contributed by atoms with van der Waals surface area (Å²) in [5.74, 6) is 0. The standard InChI is InChI=1S/C14H16N2/c1-9-8-12(15)13(10(2)14(9)16)11-6-4-3-5-7-11/h3-8H,15-16H2,1-2H3. The summed E-state index contributed by atoms with van der Waals surface area (Å²) in [6.45, 7) is 3.99. The SMILES string of the molecule is Cc1cc(N)c(-c2ccccc2)c(C)c1N. The fourth-order valence-electron chi connectivity index (χ4n) is 2.02. The van der Waals surface area contributed by atoms with Crippen molar-refractivity contribution in [3.05, 3.63) is 47.5 Å². The second-order valence-electron chi connectivity index (χ2n) is 4.06. The maximum atomic E-state index is 6.07. The third-order valence-corrected chi connectivity index (χ3v) is 2.93. The third kappa shape index (κ3) is 1.63. The van der Waals surface area contributed by atoms with Crippen LogP contribution in [-0.2, 0) is 0 Å². The van der Waals surface area contributed by atoms with Crippen molar-refractivity contribution in [3.63, 3.8) is 0 Å². The summed E-state index contributed by atoms with van der Waals surface area (Å²) < 4.78 is 0. The minimum Gasteiger partial charge on any atom is -0.398 e. The summed E-state index contributed by atoms with van der Waals surface area (Å²) in [7, 11) is 0. The van der Waals surface area contributed by atoms with Crippen LogP contribution in [0, 0.1) is 13.8 Å². The van der Waals surface area contributed by atoms with Crippen LogP contribution in [0.1, 0.15) is 11.1 Å². The lowest BCUT2D eigenvalue weighted by atomic mass is 9.95. The Morgan fingerprint density at radius 2 is 1.56 bits per heavy atom. The molecule has 0 unspecified atom stereocenters. The molecule has 0 aromatic heterocycles. The molecule has 0 heterocycles. The van der Waals surface area contributed by atoms with Crippen molar-refractivity contribution in [2.75, 3.05) is 11.5 Å². The predicted molar refractivity (Wildman–Crippen MR) is 70.2 cm³/mol. The molecule has 0 saturated heterocycles. The number of hydrogen-bond donors (Lipinski definition) is 2. The molecule has 2 aromatic carbocycles. The van der Waals surface area contributed by atoms with Crippen LogP contribution in [0.5, 0.6) is 0 Å². The van der Waals surface area contributed by atoms with Crippen molar-refractivity contribution in [1.82, 2.24) is 0 Å². The molecule has 0 bridgehead atoms. The zero-order valence-electron chi connectivity index (χ0n) is 9.62. The summed E-state index contributed by atoms with van der Waals surface area (Å²) in [5, 5.41) is 0. The number of aryl methyl sites for hydroxylation is 1. The second kappa shape index (κ2) is 3.89. The minimum absolute atomic E-state index is 0.787. The number of nitrogen functional groups attached to an aromatic ring is 2. The first-order valence-electron chi connectivity index (χ1n) is 5.32. The number of hydrogen-bond acceptors (Lipinski definition) is 2. The smallest absolute Gasteiger partial charge is 0.0400 e. The maximum Gasteiger partial charge on any atom is 0.0400 e. The summed E-state index contributed by atoms with van der Waals surface area (Å²) in [6.07, 6.45) is 0. The summed E-state index contributed by atoms with van der Waals surface area (Å²) in [6, 6.07) is 12.0. The highest BCUT2D eigenvalue weighted by atomic mass is 14.6. The highest BCUT2D eigenvalue weighted by molar-refractivity contribution is 5.84. The van der Waals surface area contributed by atoms with Gasteiger partial charge in [0.15, 0.2) is 0 Å². The first-order valence-corrected chi connectivity index (χ1v) is 5.32. The summed E-state index contributed by atoms with van der Waals surface area (Å²) >= 11 is 0. The van der Waals surface area contributed by atoms with Crippen LogP contribution in [0.25, 0.3) is 11.1 Å². The second-order valence-corrected chi connectivity index (χ2v) is 4.06. The molecule has 0 spiro atoms. The molecule has 0 amide bonds. The number of benzene rings is 2. The lowest BCUT2D eigenvalue weighted by Gasteiger charge is -2.14. The van der Waals surface area contributed by atoms with E-state index in [1.165, 1.54) is 0 Å². The highest BCUT2D eigenvalue weighted by Crippen LogP contribution is 2.34. The van der Waals surface area contributed by atoms with Crippen LogP contribution in [-0.4, -0.2) is 0 Å². The summed E-state index contributed by atoms with van der Waals surface area (Å²) in [5.41, 5.74) is 18.0. The molecule has 0 fully saturated rings. The normalized spacial score (nSPS) is 10.4. The van der Waals surface area contributed by atoms with Crippen molar-refractivity contribution in [3.8, 4) is 11.1 Å². The predicted octanol–water partition coefficient (Wildman–Crippen LogP) is 3.13. The Morgan fingerprint density at radius 1 is 0.938 bits per heavy atom. The van der Waals surface area contributed by atoms with E-state index in [4.69, 9.17) is 11.5 Å². The Bertz CT molecular complexity index is 516. The van der Waals surface area contributed by atoms with Crippen LogP contribution in [0.4, 0.5) is 11.4 Å². The molecule has 2 heteroatoms. The topological polar surface area (TPSA) is 52.0 Å². The maximum absolute atomic E-state index is 6.07. The van der Waals surface area contributed by atoms with Gasteiger partial charge in [0.1, 0.15) is 0 Å². The average molecular weight is 212 g/mol. The number of nitrogens with two attached hydrogens (primary N) is 2. The van der Waals surface area contributed by atoms with Gasteiger partial charge in [0.25, 0.3) is 0 Å². The fraction of sp³-hybridized carbons (Fsp3) is 0.143. The molecule has 0 aliphatic heterocycles. The highest BCUT2D eigenvalue weighted by Gasteiger charge is 2.10. The quantitative estimate of drug-likeness (QED) is 0.713. The number of rotatable bonds is 1. The summed E-state index contributed by atoms with van der Waals surface area (Å²) in [4.78, 5) is 0. The Kier molecular flexibility index (Phi) is 2.57. The van der Waals surface area contributed by atoms with Crippen molar-refractivity contribution < 1.29 is 0 Å². The van der Waals surface area contributed by atoms with Crippen LogP contribution < -0.4 is 11.5 Å². The molecule has 2 rings (SSSR count). The van der Waals surface area contributed by atoms with E-state index in [-0.39, 0.29) is 0 Å². The Balaban J connectivity index is 2.71. The van der Waals surface area contributed by atoms with E-state index in [0.29, 0.717) is 0 Å². The first-order chi connectivity index (χ1) is 7.61. The Morgan fingerprint density at radius 3 is 2.19 bits per heavy atom. The van der Waals surface area contributed by atoms with Gasteiger partial charge in [0, 0.05) is 16.9 Å². The zero-order valence-corrected chi connectivity index (χ0v) is 9.62. The molecule has 0 saturated carbocycles. The molecule has 4 N–H and O–H groups in total.